The van der Waals surface area contributed by atoms with E-state index in [0.717, 1.165) is 11.4 Å². The highest BCUT2D eigenvalue weighted by molar-refractivity contribution is 5.66. The van der Waals surface area contributed by atoms with Gasteiger partial charge in [0.25, 0.3) is 0 Å². The first kappa shape index (κ1) is 71.8. The van der Waals surface area contributed by atoms with Crippen LogP contribution in [0.1, 0.15) is 243 Å². The van der Waals surface area contributed by atoms with Gasteiger partial charge in [-0.15, -0.1) is 0 Å². The second-order valence-corrected chi connectivity index (χ2v) is 36.3. The summed E-state index contributed by atoms with van der Waals surface area (Å²) in [7, 11) is 3.94. The third-order valence-corrected chi connectivity index (χ3v) is 21.9. The lowest BCUT2D eigenvalue weighted by Gasteiger charge is -2.58. The van der Waals surface area contributed by atoms with E-state index in [4.69, 9.17) is 29.9 Å². The van der Waals surface area contributed by atoms with Crippen molar-refractivity contribution in [1.29, 1.82) is 0 Å². The van der Waals surface area contributed by atoms with Crippen molar-refractivity contribution >= 4 is 47.1 Å². The molecule has 0 radical (unpaired) electrons. The minimum Gasteiger partial charge on any atom is -0.351 e. The summed E-state index contributed by atoms with van der Waals surface area (Å²) in [5.74, 6) is 2.69. The minimum atomic E-state index is -0.599. The number of benzene rings is 1. The molecule has 0 saturated carbocycles. The minimum absolute atomic E-state index is 0.100. The molecular weight excluding hydrogens is 1160 g/mol. The maximum Gasteiger partial charge on any atom is 0.236 e. The summed E-state index contributed by atoms with van der Waals surface area (Å²) < 4.78 is 0. The van der Waals surface area contributed by atoms with Crippen LogP contribution in [0.3, 0.4) is 0 Å². The smallest absolute Gasteiger partial charge is 0.236 e. The number of anilines is 8. The van der Waals surface area contributed by atoms with Crippen molar-refractivity contribution in [1.82, 2.24) is 60.3 Å². The monoisotopic (exact) mass is 1280 g/mol. The fourth-order valence-electron chi connectivity index (χ4n) is 18.5. The second-order valence-electron chi connectivity index (χ2n) is 36.3. The van der Waals surface area contributed by atoms with Gasteiger partial charge < -0.3 is 61.5 Å². The van der Waals surface area contributed by atoms with Crippen LogP contribution in [-0.2, 0) is 0 Å². The molecule has 6 saturated heterocycles. The Morgan fingerprint density at radius 2 is 0.467 bits per heavy atom. The van der Waals surface area contributed by atoms with Crippen molar-refractivity contribution in [3.05, 3.63) is 24.3 Å². The van der Waals surface area contributed by atoms with Crippen LogP contribution in [0.4, 0.5) is 47.1 Å². The molecule has 0 amide bonds. The van der Waals surface area contributed by atoms with Crippen LogP contribution in [0.15, 0.2) is 24.3 Å². The van der Waals surface area contributed by atoms with E-state index in [2.05, 4.69) is 187 Å². The Morgan fingerprint density at radius 3 is 0.663 bits per heavy atom. The zero-order valence-corrected chi connectivity index (χ0v) is 61.1. The van der Waals surface area contributed by atoms with E-state index in [-0.39, 0.29) is 36.3 Å². The lowest BCUT2D eigenvalue weighted by Crippen LogP contribution is -2.68. The predicted molar refractivity (Wildman–Crippen MR) is 363 cm³/mol. The SMILES string of the molecule is CN(c1ccc(N(C)c2nc(NC3CC(C)(C)N(O)C(C)(C)C3)nc(N(C3CC(C)(C)N(O)C(C)(C)C3)C3CC(C)(C)N(O)C(C)(C)C3)n2)cc1)c1nc(NC2CC(C)(C)N(O)C(C)(C)C2)nc(N(C2CC(C)(C)N(O)C(C)(C)C2)C2CC(C)(C)N(O)C(C)(C)C2)n1. The van der Waals surface area contributed by atoms with Gasteiger partial charge in [-0.2, -0.15) is 60.3 Å². The number of aromatic nitrogens is 6. The molecule has 6 aliphatic heterocycles. The van der Waals surface area contributed by atoms with Gasteiger partial charge in [-0.25, -0.2) is 0 Å². The first-order chi connectivity index (χ1) is 41.7. The van der Waals surface area contributed by atoms with Crippen LogP contribution in [0.5, 0.6) is 0 Å². The van der Waals surface area contributed by atoms with Gasteiger partial charge in [0, 0.05) is 128 Å². The number of hydrogen-bond donors (Lipinski definition) is 8. The third-order valence-electron chi connectivity index (χ3n) is 21.9. The van der Waals surface area contributed by atoms with Gasteiger partial charge in [-0.3, -0.25) is 0 Å². The van der Waals surface area contributed by atoms with Gasteiger partial charge >= 0.3 is 0 Å². The van der Waals surface area contributed by atoms with Gasteiger partial charge in [0.1, 0.15) is 0 Å². The number of hydrogen-bond acceptors (Lipinski definition) is 24. The Labute approximate surface area is 550 Å². The zero-order chi connectivity index (χ0) is 68.8. The van der Waals surface area contributed by atoms with Crippen molar-refractivity contribution < 1.29 is 31.2 Å². The van der Waals surface area contributed by atoms with E-state index in [1.165, 1.54) is 30.4 Å². The van der Waals surface area contributed by atoms with Crippen molar-refractivity contribution in [3.63, 3.8) is 0 Å². The van der Waals surface area contributed by atoms with Gasteiger partial charge in [-0.05, 0) is 267 Å². The van der Waals surface area contributed by atoms with Crippen LogP contribution >= 0.6 is 0 Å². The van der Waals surface area contributed by atoms with Crippen LogP contribution < -0.4 is 30.2 Å². The molecule has 0 bridgehead atoms. The van der Waals surface area contributed by atoms with Gasteiger partial charge in [0.05, 0.1) is 0 Å². The van der Waals surface area contributed by atoms with Crippen molar-refractivity contribution in [2.24, 2.45) is 0 Å². The molecular formula is C68H120N18O6. The molecule has 0 unspecified atom stereocenters. The summed E-state index contributed by atoms with van der Waals surface area (Å²) in [6, 6.07) is 7.53. The standard InChI is InChI=1S/C68H120N18O6/c1-57(2)31-43(32-58(3,4)81(57)87)69-51-71-53(75-55(73-51)79(47-35-61(9,10)83(89)62(11,12)36-47)48-37-63(13,14)84(90)64(15,16)38-48)77(25)45-27-29-46(30-28-45)78(26)54-72-52(70-44-33-59(5,6)82(88)60(7,8)34-44)74-56(76-54)80(49-39-65(17,18)85(91)66(19,20)40-49)50-41-67(21,22)86(92)68(23,24)42-50/h27-30,43-44,47-50,87-92H,31-42H2,1-26H3,(H,69,71,73,75)(H,70,72,74,76). The maximum absolute atomic E-state index is 11.7. The number of nitrogens with zero attached hydrogens (tertiary/aromatic N) is 16. The lowest BCUT2D eigenvalue weighted by molar-refractivity contribution is -0.251. The fourth-order valence-corrected chi connectivity index (χ4v) is 18.5. The summed E-state index contributed by atoms with van der Waals surface area (Å²) in [5.41, 5.74) is -5.37. The maximum atomic E-state index is 11.7. The molecule has 1 aromatic carbocycles. The molecule has 24 nitrogen and oxygen atoms in total. The van der Waals surface area contributed by atoms with Crippen LogP contribution in [0, 0.1) is 0 Å². The van der Waals surface area contributed by atoms with Gasteiger partial charge in [0.2, 0.25) is 35.7 Å². The summed E-state index contributed by atoms with van der Waals surface area (Å²) in [5, 5.41) is 86.2. The van der Waals surface area contributed by atoms with Crippen LogP contribution in [-0.4, -0.2) is 208 Å². The van der Waals surface area contributed by atoms with E-state index in [1.807, 2.05) is 48.2 Å². The highest BCUT2D eigenvalue weighted by Gasteiger charge is 2.56. The fraction of sp³-hybridized carbons (Fsp3) is 0.824. The first-order valence-corrected chi connectivity index (χ1v) is 33.9. The average Bonchev–Trinajstić information content (AvgIpc) is 0.750. The normalized spacial score (nSPS) is 27.1. The summed E-state index contributed by atoms with van der Waals surface area (Å²) in [6.45, 7) is 49.8. The van der Waals surface area contributed by atoms with Gasteiger partial charge in [-0.1, -0.05) is 0 Å². The lowest BCUT2D eigenvalue weighted by atomic mass is 9.74. The number of nitrogens with one attached hydrogen (secondary N) is 2. The molecule has 2 aromatic heterocycles. The predicted octanol–water partition coefficient (Wildman–Crippen LogP) is 12.5. The molecule has 8 heterocycles. The van der Waals surface area contributed by atoms with E-state index in [0.29, 0.717) is 113 Å². The molecule has 6 fully saturated rings. The largest absolute Gasteiger partial charge is 0.351 e. The summed E-state index contributed by atoms with van der Waals surface area (Å²) in [6.07, 6.45) is 7.48. The Kier molecular flexibility index (Phi) is 18.5. The molecule has 518 valence electrons. The average molecular weight is 1290 g/mol. The molecule has 92 heavy (non-hydrogen) atoms. The van der Waals surface area contributed by atoms with E-state index in [1.54, 1.807) is 0 Å². The molecule has 0 spiro atoms. The Morgan fingerprint density at radius 1 is 0.293 bits per heavy atom. The van der Waals surface area contributed by atoms with Crippen molar-refractivity contribution in [2.75, 3.05) is 44.3 Å². The highest BCUT2D eigenvalue weighted by atomic mass is 16.5. The molecule has 0 aliphatic carbocycles. The molecule has 6 aliphatic rings. The molecule has 9 rings (SSSR count). The quantitative estimate of drug-likeness (QED) is 0.0746. The topological polar surface area (TPSA) is 255 Å². The molecule has 0 atom stereocenters. The van der Waals surface area contributed by atoms with Crippen molar-refractivity contribution in [2.45, 2.75) is 346 Å². The van der Waals surface area contributed by atoms with E-state index < -0.39 is 66.5 Å². The number of hydroxylamine groups is 12. The summed E-state index contributed by atoms with van der Waals surface area (Å²) >= 11 is 0. The van der Waals surface area contributed by atoms with Crippen LogP contribution in [0.25, 0.3) is 0 Å². The Balaban J connectivity index is 1.15. The number of piperidine rings is 6. The van der Waals surface area contributed by atoms with E-state index in [9.17, 15) is 31.2 Å². The molecule has 3 aromatic rings. The van der Waals surface area contributed by atoms with Gasteiger partial charge in [0.15, 0.2) is 0 Å². The third kappa shape index (κ3) is 13.9. The number of rotatable bonds is 14. The van der Waals surface area contributed by atoms with E-state index >= 15 is 0 Å². The molecule has 8 N–H and O–H groups in total. The zero-order valence-electron chi connectivity index (χ0n) is 61.1. The second kappa shape index (κ2) is 23.7. The Bertz CT molecular complexity index is 2740. The summed E-state index contributed by atoms with van der Waals surface area (Å²) in [4.78, 5) is 41.0. The Hall–Kier alpha value is -4.44. The van der Waals surface area contributed by atoms with Crippen molar-refractivity contribution in [3.8, 4) is 0 Å². The first-order valence-electron chi connectivity index (χ1n) is 33.9. The molecule has 24 heteroatoms. The highest BCUT2D eigenvalue weighted by Crippen LogP contribution is 2.49. The van der Waals surface area contributed by atoms with Crippen LogP contribution in [0.2, 0.25) is 0 Å².